The third-order valence-corrected chi connectivity index (χ3v) is 2.49. The molecule has 1 nitrogen and oxygen atoms in total. The quantitative estimate of drug-likeness (QED) is 0.850. The number of nitrogens with one attached hydrogen (secondary N) is 1. The Labute approximate surface area is 102 Å². The van der Waals surface area contributed by atoms with Crippen LogP contribution in [-0.4, -0.2) is 12.1 Å². The lowest BCUT2D eigenvalue weighted by molar-refractivity contribution is 0.381. The maximum atomic E-state index is 13.0. The normalized spacial score (nSPS) is 13.8. The molecule has 0 bridgehead atoms. The predicted octanol–water partition coefficient (Wildman–Crippen LogP) is 3.53. The molecule has 0 aliphatic heterocycles. The Morgan fingerprint density at radius 1 is 1.12 bits per heavy atom. The fourth-order valence-corrected chi connectivity index (χ4v) is 1.68. The van der Waals surface area contributed by atoms with E-state index in [2.05, 4.69) is 33.0 Å². The summed E-state index contributed by atoms with van der Waals surface area (Å²) in [6, 6.07) is 3.70. The van der Waals surface area contributed by atoms with Crippen molar-refractivity contribution < 1.29 is 8.78 Å². The van der Waals surface area contributed by atoms with E-state index in [9.17, 15) is 8.78 Å². The Balaban J connectivity index is 2.53. The van der Waals surface area contributed by atoms with Gasteiger partial charge in [0.05, 0.1) is 0 Å². The van der Waals surface area contributed by atoms with Gasteiger partial charge in [0.25, 0.3) is 0 Å². The van der Waals surface area contributed by atoms with E-state index >= 15 is 0 Å². The highest BCUT2D eigenvalue weighted by molar-refractivity contribution is 5.18. The van der Waals surface area contributed by atoms with E-state index in [1.54, 1.807) is 0 Å². The molecule has 0 amide bonds. The van der Waals surface area contributed by atoms with Gasteiger partial charge in [-0.3, -0.25) is 0 Å². The van der Waals surface area contributed by atoms with Gasteiger partial charge in [0.15, 0.2) is 0 Å². The smallest absolute Gasteiger partial charge is 0.126 e. The molecule has 1 unspecified atom stereocenters. The molecule has 0 saturated carbocycles. The molecule has 0 aliphatic carbocycles. The number of rotatable bonds is 4. The summed E-state index contributed by atoms with van der Waals surface area (Å²) in [5.41, 5.74) is 0.785. The molecule has 1 rings (SSSR count). The van der Waals surface area contributed by atoms with Crippen LogP contribution >= 0.6 is 0 Å². The second-order valence-electron chi connectivity index (χ2n) is 5.72. The first kappa shape index (κ1) is 14.1. The lowest BCUT2D eigenvalue weighted by Crippen LogP contribution is -2.39. The van der Waals surface area contributed by atoms with Crippen LogP contribution in [0.5, 0.6) is 0 Å². The van der Waals surface area contributed by atoms with Gasteiger partial charge in [0.2, 0.25) is 0 Å². The summed E-state index contributed by atoms with van der Waals surface area (Å²) < 4.78 is 26.0. The molecule has 0 radical (unpaired) electrons. The fourth-order valence-electron chi connectivity index (χ4n) is 1.68. The highest BCUT2D eigenvalue weighted by Gasteiger charge is 2.12. The summed E-state index contributed by atoms with van der Waals surface area (Å²) >= 11 is 0. The van der Waals surface area contributed by atoms with Gasteiger partial charge in [-0.2, -0.15) is 0 Å². The second kappa shape index (κ2) is 5.58. The summed E-state index contributed by atoms with van der Waals surface area (Å²) in [5.74, 6) is -0.664. The Morgan fingerprint density at radius 3 is 2.12 bits per heavy atom. The molecule has 0 aliphatic rings. The van der Waals surface area contributed by atoms with Gasteiger partial charge in [0, 0.05) is 11.6 Å². The standard InChI is InChI=1S/C14H21F2N/c1-10(9-17-14(2,3)4)5-11-6-12(15)8-13(16)7-11/h6-8,10,17H,5,9H2,1-4H3. The van der Waals surface area contributed by atoms with Crippen LogP contribution in [0.3, 0.4) is 0 Å². The van der Waals surface area contributed by atoms with Gasteiger partial charge < -0.3 is 5.32 Å². The predicted molar refractivity (Wildman–Crippen MR) is 67.0 cm³/mol. The Morgan fingerprint density at radius 2 is 1.65 bits per heavy atom. The van der Waals surface area contributed by atoms with Crippen LogP contribution in [-0.2, 0) is 6.42 Å². The number of hydrogen-bond donors (Lipinski definition) is 1. The van der Waals surface area contributed by atoms with Crippen molar-refractivity contribution in [1.82, 2.24) is 5.32 Å². The Bertz CT molecular complexity index is 349. The monoisotopic (exact) mass is 241 g/mol. The van der Waals surface area contributed by atoms with Gasteiger partial charge >= 0.3 is 0 Å². The van der Waals surface area contributed by atoms with E-state index < -0.39 is 11.6 Å². The second-order valence-corrected chi connectivity index (χ2v) is 5.72. The topological polar surface area (TPSA) is 12.0 Å². The molecule has 0 spiro atoms. The van der Waals surface area contributed by atoms with E-state index in [1.165, 1.54) is 12.1 Å². The van der Waals surface area contributed by atoms with E-state index in [-0.39, 0.29) is 5.54 Å². The molecule has 0 saturated heterocycles. The fraction of sp³-hybridized carbons (Fsp3) is 0.571. The van der Waals surface area contributed by atoms with Gasteiger partial charge in [-0.05, 0) is 57.4 Å². The van der Waals surface area contributed by atoms with E-state index in [4.69, 9.17) is 0 Å². The molecule has 1 aromatic carbocycles. The zero-order valence-electron chi connectivity index (χ0n) is 11.0. The molecular weight excluding hydrogens is 220 g/mol. The van der Waals surface area contributed by atoms with Crippen molar-refractivity contribution >= 4 is 0 Å². The minimum atomic E-state index is -0.504. The molecule has 96 valence electrons. The summed E-state index contributed by atoms with van der Waals surface area (Å²) in [5, 5.41) is 3.38. The highest BCUT2D eigenvalue weighted by Crippen LogP contribution is 2.13. The molecule has 1 N–H and O–H groups in total. The molecule has 17 heavy (non-hydrogen) atoms. The number of benzene rings is 1. The largest absolute Gasteiger partial charge is 0.312 e. The van der Waals surface area contributed by atoms with Gasteiger partial charge in [-0.25, -0.2) is 8.78 Å². The summed E-state index contributed by atoms with van der Waals surface area (Å²) in [4.78, 5) is 0. The third-order valence-electron chi connectivity index (χ3n) is 2.49. The highest BCUT2D eigenvalue weighted by atomic mass is 19.1. The van der Waals surface area contributed by atoms with Crippen LogP contribution in [0.4, 0.5) is 8.78 Å². The maximum Gasteiger partial charge on any atom is 0.126 e. The van der Waals surface area contributed by atoms with Gasteiger partial charge in [-0.15, -0.1) is 0 Å². The lowest BCUT2D eigenvalue weighted by Gasteiger charge is -2.23. The Hall–Kier alpha value is -0.960. The summed E-state index contributed by atoms with van der Waals surface area (Å²) in [6.45, 7) is 9.20. The van der Waals surface area contributed by atoms with Crippen LogP contribution in [0.25, 0.3) is 0 Å². The van der Waals surface area contributed by atoms with Crippen LogP contribution in [0.1, 0.15) is 33.3 Å². The zero-order chi connectivity index (χ0) is 13.1. The summed E-state index contributed by atoms with van der Waals surface area (Å²) in [7, 11) is 0. The van der Waals surface area contributed by atoms with Crippen molar-refractivity contribution in [3.8, 4) is 0 Å². The van der Waals surface area contributed by atoms with Crippen molar-refractivity contribution in [1.29, 1.82) is 0 Å². The van der Waals surface area contributed by atoms with Crippen molar-refractivity contribution in [2.24, 2.45) is 5.92 Å². The average Bonchev–Trinajstić information content (AvgIpc) is 2.11. The molecule has 0 aromatic heterocycles. The first-order chi connectivity index (χ1) is 7.76. The zero-order valence-corrected chi connectivity index (χ0v) is 11.0. The third kappa shape index (κ3) is 5.78. The first-order valence-electron chi connectivity index (χ1n) is 5.96. The number of hydrogen-bond acceptors (Lipinski definition) is 1. The van der Waals surface area contributed by atoms with Crippen LogP contribution < -0.4 is 5.32 Å². The molecule has 1 aromatic rings. The van der Waals surface area contributed by atoms with Crippen molar-refractivity contribution in [3.05, 3.63) is 35.4 Å². The van der Waals surface area contributed by atoms with Gasteiger partial charge in [0.1, 0.15) is 11.6 Å². The minimum Gasteiger partial charge on any atom is -0.312 e. The van der Waals surface area contributed by atoms with Crippen LogP contribution in [0, 0.1) is 17.6 Å². The first-order valence-corrected chi connectivity index (χ1v) is 5.96. The number of halogens is 2. The Kier molecular flexibility index (Phi) is 4.63. The molecule has 0 fully saturated rings. The lowest BCUT2D eigenvalue weighted by atomic mass is 9.99. The van der Waals surface area contributed by atoms with Crippen LogP contribution in [0.15, 0.2) is 18.2 Å². The van der Waals surface area contributed by atoms with Crippen molar-refractivity contribution in [2.45, 2.75) is 39.7 Å². The molecule has 3 heteroatoms. The molecular formula is C14H21F2N. The van der Waals surface area contributed by atoms with Crippen molar-refractivity contribution in [3.63, 3.8) is 0 Å². The average molecular weight is 241 g/mol. The van der Waals surface area contributed by atoms with E-state index in [0.29, 0.717) is 17.9 Å². The van der Waals surface area contributed by atoms with Gasteiger partial charge in [-0.1, -0.05) is 6.92 Å². The van der Waals surface area contributed by atoms with Crippen molar-refractivity contribution in [2.75, 3.05) is 6.54 Å². The van der Waals surface area contributed by atoms with Crippen LogP contribution in [0.2, 0.25) is 0 Å². The molecule has 1 atom stereocenters. The summed E-state index contributed by atoms with van der Waals surface area (Å²) in [6.07, 6.45) is 0.678. The van der Waals surface area contributed by atoms with E-state index in [0.717, 1.165) is 12.6 Å². The van der Waals surface area contributed by atoms with E-state index in [1.807, 2.05) is 0 Å². The minimum absolute atomic E-state index is 0.0709. The maximum absolute atomic E-state index is 13.0. The SMILES string of the molecule is CC(CNC(C)(C)C)Cc1cc(F)cc(F)c1. The molecule has 0 heterocycles.